The molecular weight excluding hydrogens is 371 g/mol. The lowest BCUT2D eigenvalue weighted by atomic mass is 10.2. The molecule has 0 saturated carbocycles. The number of anilines is 1. The fourth-order valence-corrected chi connectivity index (χ4v) is 3.87. The number of carbonyl (C=O) groups excluding carboxylic acids is 2. The Balaban J connectivity index is 1.48. The summed E-state index contributed by atoms with van der Waals surface area (Å²) < 4.78 is 18.2. The molecule has 27 heavy (non-hydrogen) atoms. The summed E-state index contributed by atoms with van der Waals surface area (Å²) in [6.45, 7) is 0.598. The summed E-state index contributed by atoms with van der Waals surface area (Å²) in [5.74, 6) is -0.725. The lowest BCUT2D eigenvalue weighted by Crippen LogP contribution is -2.30. The molecule has 1 aliphatic heterocycles. The van der Waals surface area contributed by atoms with Gasteiger partial charge in [-0.2, -0.15) is 0 Å². The van der Waals surface area contributed by atoms with E-state index >= 15 is 0 Å². The van der Waals surface area contributed by atoms with Crippen molar-refractivity contribution in [1.29, 1.82) is 0 Å². The molecule has 9 heteroatoms. The Hall–Kier alpha value is -3.07. The number of carbonyl (C=O) groups is 2. The minimum atomic E-state index is -0.424. The Morgan fingerprint density at radius 2 is 2.04 bits per heavy atom. The van der Waals surface area contributed by atoms with E-state index in [1.807, 2.05) is 0 Å². The zero-order valence-corrected chi connectivity index (χ0v) is 14.9. The molecule has 1 saturated heterocycles. The number of nitrogens with zero attached hydrogens (tertiary/aromatic N) is 3. The van der Waals surface area contributed by atoms with E-state index in [0.717, 1.165) is 24.2 Å². The smallest absolute Gasteiger partial charge is 0.290 e. The highest BCUT2D eigenvalue weighted by Crippen LogP contribution is 2.34. The van der Waals surface area contributed by atoms with Crippen LogP contribution in [0.1, 0.15) is 44.2 Å². The van der Waals surface area contributed by atoms with Gasteiger partial charge in [0.1, 0.15) is 10.8 Å². The third kappa shape index (κ3) is 3.59. The van der Waals surface area contributed by atoms with Crippen LogP contribution in [0.2, 0.25) is 0 Å². The van der Waals surface area contributed by atoms with Crippen LogP contribution in [0.4, 0.5) is 10.1 Å². The minimum Gasteiger partial charge on any atom is -0.459 e. The second kappa shape index (κ2) is 7.28. The molecule has 3 aromatic rings. The van der Waals surface area contributed by atoms with Crippen molar-refractivity contribution < 1.29 is 18.4 Å². The van der Waals surface area contributed by atoms with Gasteiger partial charge in [-0.3, -0.25) is 9.59 Å². The number of benzene rings is 1. The fraction of sp³-hybridized carbons (Fsp3) is 0.222. The first-order chi connectivity index (χ1) is 13.1. The number of hydrogen-bond acceptors (Lipinski definition) is 6. The third-order valence-corrected chi connectivity index (χ3v) is 5.29. The monoisotopic (exact) mass is 386 g/mol. The highest BCUT2D eigenvalue weighted by molar-refractivity contribution is 7.13. The number of furan rings is 1. The summed E-state index contributed by atoms with van der Waals surface area (Å²) in [6, 6.07) is 8.52. The average Bonchev–Trinajstić information content (AvgIpc) is 3.42. The molecule has 4 rings (SSSR count). The predicted molar refractivity (Wildman–Crippen MR) is 96.0 cm³/mol. The van der Waals surface area contributed by atoms with Crippen molar-refractivity contribution in [2.24, 2.45) is 0 Å². The number of likely N-dealkylation sites (tertiary alicyclic amines) is 1. The molecule has 7 nitrogen and oxygen atoms in total. The maximum atomic E-state index is 13.0. The summed E-state index contributed by atoms with van der Waals surface area (Å²) >= 11 is 1.15. The Kier molecular flexibility index (Phi) is 4.68. The minimum absolute atomic E-state index is 0.187. The SMILES string of the molecule is O=C(Nc1ccc(F)cc1)c1nnc([C@H]2CCCN2C(=O)c2ccco2)s1. The van der Waals surface area contributed by atoms with E-state index < -0.39 is 5.91 Å². The van der Waals surface area contributed by atoms with Crippen LogP contribution in [0.25, 0.3) is 0 Å². The van der Waals surface area contributed by atoms with Gasteiger partial charge >= 0.3 is 0 Å². The van der Waals surface area contributed by atoms with Gasteiger partial charge in [0, 0.05) is 12.2 Å². The number of halogens is 1. The van der Waals surface area contributed by atoms with E-state index in [0.29, 0.717) is 17.2 Å². The maximum absolute atomic E-state index is 13.0. The molecule has 0 radical (unpaired) electrons. The van der Waals surface area contributed by atoms with Crippen LogP contribution in [-0.4, -0.2) is 33.5 Å². The summed E-state index contributed by atoms with van der Waals surface area (Å²) in [7, 11) is 0. The zero-order chi connectivity index (χ0) is 18.8. The normalized spacial score (nSPS) is 16.5. The van der Waals surface area contributed by atoms with Gasteiger partial charge in [-0.1, -0.05) is 11.3 Å². The van der Waals surface area contributed by atoms with E-state index in [1.165, 1.54) is 30.5 Å². The molecule has 138 valence electrons. The Morgan fingerprint density at radius 3 is 2.78 bits per heavy atom. The van der Waals surface area contributed by atoms with Gasteiger partial charge in [0.05, 0.1) is 12.3 Å². The van der Waals surface area contributed by atoms with Gasteiger partial charge in [-0.05, 0) is 49.2 Å². The second-order valence-corrected chi connectivity index (χ2v) is 7.05. The van der Waals surface area contributed by atoms with Gasteiger partial charge in [0.2, 0.25) is 5.01 Å². The molecule has 0 aliphatic carbocycles. The molecule has 1 atom stereocenters. The van der Waals surface area contributed by atoms with Crippen molar-refractivity contribution in [2.75, 3.05) is 11.9 Å². The van der Waals surface area contributed by atoms with Crippen LogP contribution in [-0.2, 0) is 0 Å². The van der Waals surface area contributed by atoms with Gasteiger partial charge in [-0.15, -0.1) is 10.2 Å². The average molecular weight is 386 g/mol. The molecule has 0 bridgehead atoms. The number of amides is 2. The van der Waals surface area contributed by atoms with Crippen LogP contribution < -0.4 is 5.32 Å². The molecule has 1 N–H and O–H groups in total. The standard InChI is InChI=1S/C18H15FN4O3S/c19-11-5-7-12(8-6-11)20-15(24)17-22-21-16(27-17)13-3-1-9-23(13)18(25)14-4-2-10-26-14/h2,4-8,10,13H,1,3,9H2,(H,20,24)/t13-/m1/s1. The first-order valence-electron chi connectivity index (χ1n) is 8.36. The Morgan fingerprint density at radius 1 is 1.22 bits per heavy atom. The van der Waals surface area contributed by atoms with Gasteiger partial charge in [0.15, 0.2) is 5.76 Å². The Bertz CT molecular complexity index is 955. The van der Waals surface area contributed by atoms with E-state index in [1.54, 1.807) is 17.0 Å². The lowest BCUT2D eigenvalue weighted by molar-refractivity contribution is 0.0702. The molecule has 0 spiro atoms. The molecule has 0 unspecified atom stereocenters. The summed E-state index contributed by atoms with van der Waals surface area (Å²) in [4.78, 5) is 26.6. The molecule has 1 aromatic carbocycles. The first-order valence-corrected chi connectivity index (χ1v) is 9.18. The number of rotatable bonds is 4. The fourth-order valence-electron chi connectivity index (χ4n) is 2.99. The van der Waals surface area contributed by atoms with Crippen LogP contribution >= 0.6 is 11.3 Å². The molecule has 2 aromatic heterocycles. The van der Waals surface area contributed by atoms with Gasteiger partial charge in [-0.25, -0.2) is 4.39 Å². The Labute approximate surface area is 157 Å². The number of hydrogen-bond donors (Lipinski definition) is 1. The lowest BCUT2D eigenvalue weighted by Gasteiger charge is -2.21. The van der Waals surface area contributed by atoms with Crippen LogP contribution in [0.3, 0.4) is 0 Å². The van der Waals surface area contributed by atoms with Crippen LogP contribution in [0.15, 0.2) is 47.1 Å². The van der Waals surface area contributed by atoms with Gasteiger partial charge in [0.25, 0.3) is 11.8 Å². The summed E-state index contributed by atoms with van der Waals surface area (Å²) in [6.07, 6.45) is 3.05. The number of aromatic nitrogens is 2. The molecule has 2 amide bonds. The highest BCUT2D eigenvalue weighted by atomic mass is 32.1. The predicted octanol–water partition coefficient (Wildman–Crippen LogP) is 3.50. The van der Waals surface area contributed by atoms with Crippen molar-refractivity contribution >= 4 is 28.8 Å². The summed E-state index contributed by atoms with van der Waals surface area (Å²) in [5, 5.41) is 11.5. The molecule has 1 fully saturated rings. The topological polar surface area (TPSA) is 88.3 Å². The molecule has 3 heterocycles. The van der Waals surface area contributed by atoms with Crippen molar-refractivity contribution in [2.45, 2.75) is 18.9 Å². The van der Waals surface area contributed by atoms with Crippen molar-refractivity contribution in [3.63, 3.8) is 0 Å². The van der Waals surface area contributed by atoms with Crippen molar-refractivity contribution in [1.82, 2.24) is 15.1 Å². The maximum Gasteiger partial charge on any atom is 0.290 e. The first kappa shape index (κ1) is 17.3. The largest absolute Gasteiger partial charge is 0.459 e. The van der Waals surface area contributed by atoms with E-state index in [-0.39, 0.29) is 28.5 Å². The van der Waals surface area contributed by atoms with Crippen molar-refractivity contribution in [3.8, 4) is 0 Å². The van der Waals surface area contributed by atoms with Crippen molar-refractivity contribution in [3.05, 3.63) is 64.3 Å². The van der Waals surface area contributed by atoms with E-state index in [2.05, 4.69) is 15.5 Å². The van der Waals surface area contributed by atoms with Crippen LogP contribution in [0.5, 0.6) is 0 Å². The molecular formula is C18H15FN4O3S. The zero-order valence-electron chi connectivity index (χ0n) is 14.1. The van der Waals surface area contributed by atoms with E-state index in [9.17, 15) is 14.0 Å². The van der Waals surface area contributed by atoms with Gasteiger partial charge < -0.3 is 14.6 Å². The van der Waals surface area contributed by atoms with Crippen LogP contribution in [0, 0.1) is 5.82 Å². The highest BCUT2D eigenvalue weighted by Gasteiger charge is 2.34. The van der Waals surface area contributed by atoms with E-state index in [4.69, 9.17) is 4.42 Å². The molecule has 1 aliphatic rings. The quantitative estimate of drug-likeness (QED) is 0.741. The summed E-state index contributed by atoms with van der Waals surface area (Å²) in [5.41, 5.74) is 0.466. The number of nitrogens with one attached hydrogen (secondary N) is 1. The third-order valence-electron chi connectivity index (χ3n) is 4.27. The second-order valence-electron chi connectivity index (χ2n) is 6.04.